The lowest BCUT2D eigenvalue weighted by molar-refractivity contribution is -0.123. The van der Waals surface area contributed by atoms with Crippen LogP contribution in [0.5, 0.6) is 5.75 Å². The van der Waals surface area contributed by atoms with E-state index < -0.39 is 6.10 Å². The molecule has 118 valence electrons. The molecule has 5 nitrogen and oxygen atoms in total. The lowest BCUT2D eigenvalue weighted by Crippen LogP contribution is -2.38. The summed E-state index contributed by atoms with van der Waals surface area (Å²) < 4.78 is 5.43. The summed E-state index contributed by atoms with van der Waals surface area (Å²) in [4.78, 5) is 11.3. The number of nitrogens with one attached hydrogen (secondary N) is 2. The molecule has 0 heterocycles. The fraction of sp³-hybridized carbons (Fsp3) is 0.533. The van der Waals surface area contributed by atoms with Gasteiger partial charge in [-0.3, -0.25) is 4.79 Å². The Morgan fingerprint density at radius 2 is 2.05 bits per heavy atom. The number of carbonyl (C=O) groups excluding carboxylic acids is 1. The molecular weight excluding hydrogens is 292 g/mol. The lowest BCUT2D eigenvalue weighted by Gasteiger charge is -2.14. The Morgan fingerprint density at radius 3 is 2.71 bits per heavy atom. The molecule has 1 aromatic rings. The lowest BCUT2D eigenvalue weighted by atomic mass is 10.2. The van der Waals surface area contributed by atoms with Gasteiger partial charge >= 0.3 is 0 Å². The summed E-state index contributed by atoms with van der Waals surface area (Å²) in [7, 11) is 0. The Balaban J connectivity index is 2.10. The summed E-state index contributed by atoms with van der Waals surface area (Å²) in [5, 5.41) is 16.1. The van der Waals surface area contributed by atoms with Crippen LogP contribution in [0, 0.1) is 5.92 Å². The van der Waals surface area contributed by atoms with E-state index in [1.54, 1.807) is 12.1 Å². The highest BCUT2D eigenvalue weighted by atomic mass is 35.5. The molecule has 0 saturated heterocycles. The average molecular weight is 315 g/mol. The van der Waals surface area contributed by atoms with E-state index in [1.165, 1.54) is 0 Å². The minimum atomic E-state index is -0.637. The molecule has 0 aromatic heterocycles. The number of halogens is 1. The van der Waals surface area contributed by atoms with Crippen molar-refractivity contribution in [2.45, 2.75) is 20.0 Å². The van der Waals surface area contributed by atoms with E-state index in [1.807, 2.05) is 26.0 Å². The van der Waals surface area contributed by atoms with Crippen molar-refractivity contribution in [1.29, 1.82) is 0 Å². The Morgan fingerprint density at radius 1 is 1.33 bits per heavy atom. The van der Waals surface area contributed by atoms with Crippen LogP contribution in [0.2, 0.25) is 5.02 Å². The molecule has 1 amide bonds. The van der Waals surface area contributed by atoms with Gasteiger partial charge in [-0.05, 0) is 12.1 Å². The van der Waals surface area contributed by atoms with Crippen molar-refractivity contribution in [2.24, 2.45) is 5.92 Å². The first-order chi connectivity index (χ1) is 10.0. The van der Waals surface area contributed by atoms with Crippen LogP contribution in [0.25, 0.3) is 0 Å². The van der Waals surface area contributed by atoms with Crippen LogP contribution < -0.4 is 15.4 Å². The summed E-state index contributed by atoms with van der Waals surface area (Å²) in [6.45, 7) is 5.38. The third-order valence-corrected chi connectivity index (χ3v) is 3.09. The van der Waals surface area contributed by atoms with E-state index in [9.17, 15) is 9.90 Å². The van der Waals surface area contributed by atoms with Gasteiger partial charge in [-0.1, -0.05) is 37.6 Å². The van der Waals surface area contributed by atoms with E-state index >= 15 is 0 Å². The summed E-state index contributed by atoms with van der Waals surface area (Å²) >= 11 is 5.95. The highest BCUT2D eigenvalue weighted by Gasteiger charge is 2.07. The minimum absolute atomic E-state index is 0.0142. The molecule has 1 rings (SSSR count). The average Bonchev–Trinajstić information content (AvgIpc) is 2.45. The second-order valence-electron chi connectivity index (χ2n) is 5.05. The Bertz CT molecular complexity index is 441. The van der Waals surface area contributed by atoms with Gasteiger partial charge in [0.2, 0.25) is 5.91 Å². The first-order valence-electron chi connectivity index (χ1n) is 7.04. The molecule has 21 heavy (non-hydrogen) atoms. The molecule has 0 aliphatic carbocycles. The molecule has 0 aliphatic rings. The number of hydrogen-bond donors (Lipinski definition) is 3. The molecule has 0 unspecified atom stereocenters. The Labute approximate surface area is 130 Å². The van der Waals surface area contributed by atoms with Gasteiger partial charge in [0.25, 0.3) is 0 Å². The number of amides is 1. The largest absolute Gasteiger partial charge is 0.489 e. The fourth-order valence-electron chi connectivity index (χ4n) is 1.55. The van der Waals surface area contributed by atoms with Gasteiger partial charge in [-0.25, -0.2) is 0 Å². The van der Waals surface area contributed by atoms with Gasteiger partial charge in [-0.15, -0.1) is 0 Å². The SMILES string of the molecule is CC(C)C(=O)NCCNC[C@H](O)COc1ccccc1Cl. The minimum Gasteiger partial charge on any atom is -0.489 e. The summed E-state index contributed by atoms with van der Waals surface area (Å²) in [6, 6.07) is 7.13. The predicted octanol–water partition coefficient (Wildman–Crippen LogP) is 1.44. The normalized spacial score (nSPS) is 12.2. The van der Waals surface area contributed by atoms with Crippen LogP contribution in [0.3, 0.4) is 0 Å². The number of hydrogen-bond acceptors (Lipinski definition) is 4. The molecule has 0 spiro atoms. The number of ether oxygens (including phenoxy) is 1. The standard InChI is InChI=1S/C15H23ClN2O3/c1-11(2)15(20)18-8-7-17-9-12(19)10-21-14-6-4-3-5-13(14)16/h3-6,11-12,17,19H,7-10H2,1-2H3,(H,18,20)/t12-/m0/s1. The van der Waals surface area contributed by atoms with Crippen molar-refractivity contribution < 1.29 is 14.6 Å². The molecule has 0 aliphatic heterocycles. The zero-order valence-corrected chi connectivity index (χ0v) is 13.2. The summed E-state index contributed by atoms with van der Waals surface area (Å²) in [6.07, 6.45) is -0.637. The van der Waals surface area contributed by atoms with Gasteiger partial charge in [-0.2, -0.15) is 0 Å². The number of benzene rings is 1. The van der Waals surface area contributed by atoms with E-state index in [0.717, 1.165) is 0 Å². The maximum absolute atomic E-state index is 11.3. The van der Waals surface area contributed by atoms with E-state index in [4.69, 9.17) is 16.3 Å². The van der Waals surface area contributed by atoms with Crippen molar-refractivity contribution in [3.8, 4) is 5.75 Å². The molecule has 0 bridgehead atoms. The van der Waals surface area contributed by atoms with Crippen LogP contribution >= 0.6 is 11.6 Å². The van der Waals surface area contributed by atoms with Gasteiger partial charge in [0, 0.05) is 25.6 Å². The Hall–Kier alpha value is -1.30. The fourth-order valence-corrected chi connectivity index (χ4v) is 1.74. The van der Waals surface area contributed by atoms with Crippen LogP contribution in [0.1, 0.15) is 13.8 Å². The molecule has 1 atom stereocenters. The van der Waals surface area contributed by atoms with Gasteiger partial charge in [0.15, 0.2) is 0 Å². The van der Waals surface area contributed by atoms with E-state index in [-0.39, 0.29) is 18.4 Å². The molecule has 0 radical (unpaired) electrons. The monoisotopic (exact) mass is 314 g/mol. The second kappa shape index (κ2) is 9.60. The number of para-hydroxylation sites is 1. The first kappa shape index (κ1) is 17.8. The first-order valence-corrected chi connectivity index (χ1v) is 7.42. The summed E-state index contributed by atoms with van der Waals surface area (Å²) in [5.74, 6) is 0.571. The maximum atomic E-state index is 11.3. The van der Waals surface area contributed by atoms with Gasteiger partial charge in [0.05, 0.1) is 5.02 Å². The van der Waals surface area contributed by atoms with Gasteiger partial charge in [0.1, 0.15) is 18.5 Å². The van der Waals surface area contributed by atoms with Gasteiger partial charge < -0.3 is 20.5 Å². The van der Waals surface area contributed by atoms with Crippen LogP contribution in [0.4, 0.5) is 0 Å². The zero-order chi connectivity index (χ0) is 15.7. The number of aliphatic hydroxyl groups is 1. The number of rotatable bonds is 9. The topological polar surface area (TPSA) is 70.6 Å². The van der Waals surface area contributed by atoms with Crippen molar-refractivity contribution >= 4 is 17.5 Å². The molecule has 6 heteroatoms. The highest BCUT2D eigenvalue weighted by molar-refractivity contribution is 6.32. The molecule has 0 fully saturated rings. The quantitative estimate of drug-likeness (QED) is 0.603. The van der Waals surface area contributed by atoms with Crippen molar-refractivity contribution in [2.75, 3.05) is 26.2 Å². The molecule has 1 aromatic carbocycles. The number of carbonyl (C=O) groups is 1. The van der Waals surface area contributed by atoms with Crippen LogP contribution in [-0.4, -0.2) is 43.4 Å². The summed E-state index contributed by atoms with van der Waals surface area (Å²) in [5.41, 5.74) is 0. The van der Waals surface area contributed by atoms with E-state index in [0.29, 0.717) is 30.4 Å². The third kappa shape index (κ3) is 7.32. The molecular formula is C15H23ClN2O3. The van der Waals surface area contributed by atoms with Crippen molar-refractivity contribution in [3.05, 3.63) is 29.3 Å². The highest BCUT2D eigenvalue weighted by Crippen LogP contribution is 2.22. The number of aliphatic hydroxyl groups excluding tert-OH is 1. The van der Waals surface area contributed by atoms with Crippen LogP contribution in [0.15, 0.2) is 24.3 Å². The molecule has 3 N–H and O–H groups in total. The maximum Gasteiger partial charge on any atom is 0.222 e. The Kier molecular flexibility index (Phi) is 8.12. The van der Waals surface area contributed by atoms with Crippen LogP contribution in [-0.2, 0) is 4.79 Å². The predicted molar refractivity (Wildman–Crippen MR) is 83.7 cm³/mol. The molecule has 0 saturated carbocycles. The second-order valence-corrected chi connectivity index (χ2v) is 5.45. The zero-order valence-electron chi connectivity index (χ0n) is 12.4. The third-order valence-electron chi connectivity index (χ3n) is 2.77. The smallest absolute Gasteiger partial charge is 0.222 e. The van der Waals surface area contributed by atoms with Crippen molar-refractivity contribution in [3.63, 3.8) is 0 Å². The van der Waals surface area contributed by atoms with E-state index in [2.05, 4.69) is 10.6 Å². The van der Waals surface area contributed by atoms with Crippen molar-refractivity contribution in [1.82, 2.24) is 10.6 Å².